The lowest BCUT2D eigenvalue weighted by Crippen LogP contribution is -2.30. The van der Waals surface area contributed by atoms with Gasteiger partial charge in [-0.2, -0.15) is 4.98 Å². The second kappa shape index (κ2) is 5.01. The van der Waals surface area contributed by atoms with Gasteiger partial charge in [0, 0.05) is 12.7 Å². The molecular formula is C14H20N4O. The van der Waals surface area contributed by atoms with Crippen LogP contribution in [0, 0.1) is 6.92 Å². The molecule has 0 aliphatic carbocycles. The maximum atomic E-state index is 5.93. The highest BCUT2D eigenvalue weighted by Gasteiger charge is 2.21. The van der Waals surface area contributed by atoms with Gasteiger partial charge in [-0.25, -0.2) is 0 Å². The summed E-state index contributed by atoms with van der Waals surface area (Å²) in [5.41, 5.74) is 7.70. The molecule has 2 aromatic rings. The van der Waals surface area contributed by atoms with Crippen LogP contribution >= 0.6 is 0 Å². The van der Waals surface area contributed by atoms with E-state index in [0.29, 0.717) is 18.3 Å². The predicted molar refractivity (Wildman–Crippen MR) is 74.8 cm³/mol. The zero-order valence-corrected chi connectivity index (χ0v) is 11.8. The minimum absolute atomic E-state index is 0.528. The first-order valence-electron chi connectivity index (χ1n) is 6.26. The zero-order valence-electron chi connectivity index (χ0n) is 11.8. The largest absolute Gasteiger partial charge is 0.365 e. The lowest BCUT2D eigenvalue weighted by molar-refractivity contribution is 0.360. The number of benzene rings is 1. The SMILES string of the molecule is Cc1ccc(N(C)Cc2nc(C(C)(C)N)no2)cc1. The number of hydrogen-bond acceptors (Lipinski definition) is 5. The van der Waals surface area contributed by atoms with E-state index in [1.807, 2.05) is 20.9 Å². The summed E-state index contributed by atoms with van der Waals surface area (Å²) < 4.78 is 5.22. The van der Waals surface area contributed by atoms with Gasteiger partial charge >= 0.3 is 0 Å². The Morgan fingerprint density at radius 3 is 2.42 bits per heavy atom. The van der Waals surface area contributed by atoms with Gasteiger partial charge in [0.1, 0.15) is 0 Å². The van der Waals surface area contributed by atoms with Crippen molar-refractivity contribution in [3.8, 4) is 0 Å². The van der Waals surface area contributed by atoms with Crippen LogP contribution in [0.2, 0.25) is 0 Å². The summed E-state index contributed by atoms with van der Waals surface area (Å²) in [5, 5.41) is 3.91. The van der Waals surface area contributed by atoms with Gasteiger partial charge in [-0.3, -0.25) is 0 Å². The smallest absolute Gasteiger partial charge is 0.246 e. The molecule has 0 spiro atoms. The van der Waals surface area contributed by atoms with Crippen molar-refractivity contribution in [3.05, 3.63) is 41.5 Å². The van der Waals surface area contributed by atoms with E-state index in [0.717, 1.165) is 5.69 Å². The quantitative estimate of drug-likeness (QED) is 0.912. The summed E-state index contributed by atoms with van der Waals surface area (Å²) in [5.74, 6) is 1.09. The fourth-order valence-corrected chi connectivity index (χ4v) is 1.67. The number of nitrogens with zero attached hydrogens (tertiary/aromatic N) is 3. The average Bonchev–Trinajstić information content (AvgIpc) is 2.78. The van der Waals surface area contributed by atoms with E-state index in [1.54, 1.807) is 0 Å². The van der Waals surface area contributed by atoms with E-state index in [2.05, 4.69) is 46.2 Å². The van der Waals surface area contributed by atoms with Crippen LogP contribution in [0.25, 0.3) is 0 Å². The van der Waals surface area contributed by atoms with Gasteiger partial charge in [-0.05, 0) is 32.9 Å². The second-order valence-electron chi connectivity index (χ2n) is 5.43. The first-order chi connectivity index (χ1) is 8.86. The summed E-state index contributed by atoms with van der Waals surface area (Å²) in [6, 6.07) is 8.29. The molecule has 0 unspecified atom stereocenters. The van der Waals surface area contributed by atoms with Crippen LogP contribution in [-0.4, -0.2) is 17.2 Å². The number of nitrogens with two attached hydrogens (primary N) is 1. The lowest BCUT2D eigenvalue weighted by Gasteiger charge is -2.17. The van der Waals surface area contributed by atoms with Crippen molar-refractivity contribution in [3.63, 3.8) is 0 Å². The van der Waals surface area contributed by atoms with Gasteiger partial charge < -0.3 is 15.2 Å². The Balaban J connectivity index is 2.08. The normalized spacial score (nSPS) is 11.6. The van der Waals surface area contributed by atoms with Gasteiger partial charge in [-0.15, -0.1) is 0 Å². The Kier molecular flexibility index (Phi) is 3.57. The van der Waals surface area contributed by atoms with Crippen molar-refractivity contribution in [2.75, 3.05) is 11.9 Å². The van der Waals surface area contributed by atoms with E-state index >= 15 is 0 Å². The number of rotatable bonds is 4. The molecule has 1 aromatic carbocycles. The van der Waals surface area contributed by atoms with Gasteiger partial charge in [0.2, 0.25) is 5.89 Å². The number of anilines is 1. The fraction of sp³-hybridized carbons (Fsp3) is 0.429. The van der Waals surface area contributed by atoms with Crippen molar-refractivity contribution in [2.45, 2.75) is 32.9 Å². The average molecular weight is 260 g/mol. The molecule has 2 rings (SSSR count). The second-order valence-corrected chi connectivity index (χ2v) is 5.43. The molecule has 5 heteroatoms. The van der Waals surface area contributed by atoms with Crippen molar-refractivity contribution in [2.24, 2.45) is 5.73 Å². The Hall–Kier alpha value is -1.88. The molecule has 2 N–H and O–H groups in total. The first-order valence-corrected chi connectivity index (χ1v) is 6.26. The predicted octanol–water partition coefficient (Wildman–Crippen LogP) is 2.21. The Bertz CT molecular complexity index is 539. The van der Waals surface area contributed by atoms with Crippen LogP contribution in [0.15, 0.2) is 28.8 Å². The third-order valence-corrected chi connectivity index (χ3v) is 2.89. The molecule has 1 aromatic heterocycles. The van der Waals surface area contributed by atoms with E-state index in [-0.39, 0.29) is 0 Å². The van der Waals surface area contributed by atoms with E-state index in [9.17, 15) is 0 Å². The van der Waals surface area contributed by atoms with Crippen LogP contribution < -0.4 is 10.6 Å². The summed E-state index contributed by atoms with van der Waals surface area (Å²) >= 11 is 0. The molecule has 0 atom stereocenters. The van der Waals surface area contributed by atoms with Gasteiger partial charge in [0.25, 0.3) is 0 Å². The third-order valence-electron chi connectivity index (χ3n) is 2.89. The molecule has 19 heavy (non-hydrogen) atoms. The summed E-state index contributed by atoms with van der Waals surface area (Å²) in [6.07, 6.45) is 0. The van der Waals surface area contributed by atoms with Crippen molar-refractivity contribution < 1.29 is 4.52 Å². The van der Waals surface area contributed by atoms with Crippen molar-refractivity contribution in [1.82, 2.24) is 10.1 Å². The van der Waals surface area contributed by atoms with Gasteiger partial charge in [0.15, 0.2) is 5.82 Å². The Morgan fingerprint density at radius 2 is 1.89 bits per heavy atom. The fourth-order valence-electron chi connectivity index (χ4n) is 1.67. The zero-order chi connectivity index (χ0) is 14.0. The maximum Gasteiger partial charge on any atom is 0.246 e. The standard InChI is InChI=1S/C14H20N4O/c1-10-5-7-11(8-6-10)18(4)9-12-16-13(17-19-12)14(2,3)15/h5-8H,9,15H2,1-4H3. The highest BCUT2D eigenvalue weighted by molar-refractivity contribution is 5.46. The van der Waals surface area contributed by atoms with Crippen LogP contribution in [0.1, 0.15) is 31.1 Å². The molecule has 0 fully saturated rings. The Labute approximate surface area is 113 Å². The molecule has 0 saturated heterocycles. The maximum absolute atomic E-state index is 5.93. The molecule has 1 heterocycles. The van der Waals surface area contributed by atoms with Crippen molar-refractivity contribution >= 4 is 5.69 Å². The molecule has 0 amide bonds. The van der Waals surface area contributed by atoms with Crippen LogP contribution in [0.4, 0.5) is 5.69 Å². The number of aryl methyl sites for hydroxylation is 1. The van der Waals surface area contributed by atoms with E-state index in [1.165, 1.54) is 5.56 Å². The molecule has 0 radical (unpaired) electrons. The molecule has 102 valence electrons. The highest BCUT2D eigenvalue weighted by atomic mass is 16.5. The Morgan fingerprint density at radius 1 is 1.26 bits per heavy atom. The minimum atomic E-state index is -0.579. The van der Waals surface area contributed by atoms with Crippen LogP contribution in [-0.2, 0) is 12.1 Å². The lowest BCUT2D eigenvalue weighted by atomic mass is 10.1. The van der Waals surface area contributed by atoms with E-state index < -0.39 is 5.54 Å². The minimum Gasteiger partial charge on any atom is -0.365 e. The topological polar surface area (TPSA) is 68.2 Å². The summed E-state index contributed by atoms with van der Waals surface area (Å²) in [4.78, 5) is 6.38. The first kappa shape index (κ1) is 13.5. The third kappa shape index (κ3) is 3.32. The molecule has 0 aliphatic heterocycles. The van der Waals surface area contributed by atoms with E-state index in [4.69, 9.17) is 10.3 Å². The summed E-state index contributed by atoms with van der Waals surface area (Å²) in [7, 11) is 1.99. The molecular weight excluding hydrogens is 240 g/mol. The number of aromatic nitrogens is 2. The van der Waals surface area contributed by atoms with Crippen LogP contribution in [0.5, 0.6) is 0 Å². The molecule has 0 aliphatic rings. The van der Waals surface area contributed by atoms with Gasteiger partial charge in [-0.1, -0.05) is 22.9 Å². The summed E-state index contributed by atoms with van der Waals surface area (Å²) in [6.45, 7) is 6.33. The van der Waals surface area contributed by atoms with Crippen molar-refractivity contribution in [1.29, 1.82) is 0 Å². The highest BCUT2D eigenvalue weighted by Crippen LogP contribution is 2.17. The molecule has 5 nitrogen and oxygen atoms in total. The molecule has 0 saturated carbocycles. The monoisotopic (exact) mass is 260 g/mol. The number of hydrogen-bond donors (Lipinski definition) is 1. The van der Waals surface area contributed by atoms with Gasteiger partial charge in [0.05, 0.1) is 12.1 Å². The van der Waals surface area contributed by atoms with Crippen LogP contribution in [0.3, 0.4) is 0 Å². The molecule has 0 bridgehead atoms.